The number of carbonyl (C=O) groups excluding carboxylic acids is 1. The molecule has 0 bridgehead atoms. The van der Waals surface area contributed by atoms with E-state index in [0.717, 1.165) is 17.2 Å². The molecule has 21 heavy (non-hydrogen) atoms. The molecule has 5 heteroatoms. The van der Waals surface area contributed by atoms with Gasteiger partial charge in [0.15, 0.2) is 11.5 Å². The van der Waals surface area contributed by atoms with Gasteiger partial charge in [0.1, 0.15) is 6.29 Å². The van der Waals surface area contributed by atoms with Crippen molar-refractivity contribution in [3.63, 3.8) is 0 Å². The van der Waals surface area contributed by atoms with Gasteiger partial charge in [-0.05, 0) is 60.9 Å². The van der Waals surface area contributed by atoms with Crippen molar-refractivity contribution in [1.82, 2.24) is 4.90 Å². The van der Waals surface area contributed by atoms with Crippen LogP contribution in [0.15, 0.2) is 16.6 Å². The monoisotopic (exact) mass is 355 g/mol. The summed E-state index contributed by atoms with van der Waals surface area (Å²) in [6.07, 6.45) is 5.63. The average molecular weight is 356 g/mol. The van der Waals surface area contributed by atoms with Gasteiger partial charge < -0.3 is 14.4 Å². The second-order valence-corrected chi connectivity index (χ2v) is 6.27. The number of halogens is 1. The van der Waals surface area contributed by atoms with Crippen molar-refractivity contribution in [3.05, 3.63) is 22.2 Å². The second-order valence-electron chi connectivity index (χ2n) is 5.42. The molecule has 1 aliphatic heterocycles. The molecule has 1 aromatic rings. The molecule has 0 saturated carbocycles. The molecule has 1 fully saturated rings. The van der Waals surface area contributed by atoms with Crippen molar-refractivity contribution < 1.29 is 14.3 Å². The Bertz CT molecular complexity index is 493. The van der Waals surface area contributed by atoms with Crippen LogP contribution in [0.1, 0.15) is 36.0 Å². The summed E-state index contributed by atoms with van der Waals surface area (Å²) >= 11 is 3.44. The van der Waals surface area contributed by atoms with Crippen molar-refractivity contribution in [2.24, 2.45) is 0 Å². The highest BCUT2D eigenvalue weighted by molar-refractivity contribution is 9.10. The van der Waals surface area contributed by atoms with Crippen molar-refractivity contribution in [3.8, 4) is 11.5 Å². The zero-order valence-corrected chi connectivity index (χ0v) is 14.2. The minimum Gasteiger partial charge on any atom is -0.493 e. The molecule has 0 radical (unpaired) electrons. The molecule has 0 spiro atoms. The number of hydrogen-bond donors (Lipinski definition) is 0. The van der Waals surface area contributed by atoms with Crippen LogP contribution in [-0.4, -0.2) is 44.5 Å². The van der Waals surface area contributed by atoms with Gasteiger partial charge in [0, 0.05) is 11.6 Å². The van der Waals surface area contributed by atoms with Gasteiger partial charge in [-0.2, -0.15) is 0 Å². The first-order chi connectivity index (χ1) is 10.2. The number of hydrogen-bond acceptors (Lipinski definition) is 4. The highest BCUT2D eigenvalue weighted by atomic mass is 79.9. The molecule has 116 valence electrons. The summed E-state index contributed by atoms with van der Waals surface area (Å²) in [7, 11) is 3.76. The van der Waals surface area contributed by atoms with E-state index in [-0.39, 0.29) is 0 Å². The quantitative estimate of drug-likeness (QED) is 0.731. The van der Waals surface area contributed by atoms with Crippen molar-refractivity contribution in [1.29, 1.82) is 0 Å². The Labute approximate surface area is 134 Å². The van der Waals surface area contributed by atoms with Crippen LogP contribution in [0.4, 0.5) is 0 Å². The molecular weight excluding hydrogens is 334 g/mol. The van der Waals surface area contributed by atoms with Crippen LogP contribution >= 0.6 is 15.9 Å². The number of piperidine rings is 1. The van der Waals surface area contributed by atoms with E-state index < -0.39 is 0 Å². The number of likely N-dealkylation sites (tertiary alicyclic amines) is 1. The summed E-state index contributed by atoms with van der Waals surface area (Å²) in [4.78, 5) is 13.3. The van der Waals surface area contributed by atoms with Crippen LogP contribution in [-0.2, 0) is 0 Å². The molecule has 1 aromatic carbocycles. The smallest absolute Gasteiger partial charge is 0.175 e. The minimum atomic E-state index is 0.568. The summed E-state index contributed by atoms with van der Waals surface area (Å²) in [5, 5.41) is 0. The topological polar surface area (TPSA) is 38.8 Å². The van der Waals surface area contributed by atoms with E-state index >= 15 is 0 Å². The first kappa shape index (κ1) is 16.3. The Morgan fingerprint density at radius 3 is 2.90 bits per heavy atom. The molecule has 0 aromatic heterocycles. The standard InChI is InChI=1S/C16H22BrNO3/c1-18-7-4-3-5-13(18)6-8-21-16-14(17)9-12(11-19)10-15(16)20-2/h9-11,13H,3-8H2,1-2H3. The fraction of sp³-hybridized carbons (Fsp3) is 0.562. The Balaban J connectivity index is 1.97. The maximum atomic E-state index is 10.9. The average Bonchev–Trinajstić information content (AvgIpc) is 2.50. The largest absolute Gasteiger partial charge is 0.493 e. The zero-order valence-electron chi connectivity index (χ0n) is 12.6. The van der Waals surface area contributed by atoms with Crippen molar-refractivity contribution in [2.45, 2.75) is 31.7 Å². The van der Waals surface area contributed by atoms with E-state index in [1.165, 1.54) is 25.8 Å². The van der Waals surface area contributed by atoms with E-state index in [1.54, 1.807) is 19.2 Å². The first-order valence-electron chi connectivity index (χ1n) is 7.31. The molecule has 1 unspecified atom stereocenters. The summed E-state index contributed by atoms with van der Waals surface area (Å²) in [5.41, 5.74) is 0.568. The van der Waals surface area contributed by atoms with Crippen LogP contribution in [0.25, 0.3) is 0 Å². The normalized spacial score (nSPS) is 19.3. The number of carbonyl (C=O) groups is 1. The van der Waals surface area contributed by atoms with Crippen LogP contribution < -0.4 is 9.47 Å². The molecule has 1 atom stereocenters. The van der Waals surface area contributed by atoms with E-state index in [9.17, 15) is 4.79 Å². The summed E-state index contributed by atoms with van der Waals surface area (Å²) in [6, 6.07) is 4.04. The molecular formula is C16H22BrNO3. The van der Waals surface area contributed by atoms with Gasteiger partial charge in [-0.25, -0.2) is 0 Å². The zero-order chi connectivity index (χ0) is 15.2. The van der Waals surface area contributed by atoms with E-state index in [4.69, 9.17) is 9.47 Å². The Morgan fingerprint density at radius 2 is 2.24 bits per heavy atom. The lowest BCUT2D eigenvalue weighted by atomic mass is 10.0. The minimum absolute atomic E-state index is 0.568. The highest BCUT2D eigenvalue weighted by Gasteiger charge is 2.19. The third kappa shape index (κ3) is 4.20. The van der Waals surface area contributed by atoms with Crippen molar-refractivity contribution in [2.75, 3.05) is 27.3 Å². The lowest BCUT2D eigenvalue weighted by molar-refractivity contribution is 0.112. The van der Waals surface area contributed by atoms with Gasteiger partial charge in [-0.1, -0.05) is 6.42 Å². The van der Waals surface area contributed by atoms with Crippen LogP contribution in [0.2, 0.25) is 0 Å². The molecule has 1 aliphatic rings. The number of ether oxygens (including phenoxy) is 2. The number of aldehydes is 1. The number of methoxy groups -OCH3 is 1. The van der Waals surface area contributed by atoms with Gasteiger partial charge in [0.25, 0.3) is 0 Å². The number of nitrogens with zero attached hydrogens (tertiary/aromatic N) is 1. The SMILES string of the molecule is COc1cc(C=O)cc(Br)c1OCCC1CCCCN1C. The fourth-order valence-corrected chi connectivity index (χ4v) is 3.33. The summed E-state index contributed by atoms with van der Waals surface area (Å²) < 4.78 is 12.0. The van der Waals surface area contributed by atoms with E-state index in [2.05, 4.69) is 27.9 Å². The summed E-state index contributed by atoms with van der Waals surface area (Å²) in [5.74, 6) is 1.25. The predicted molar refractivity (Wildman–Crippen MR) is 86.5 cm³/mol. The van der Waals surface area contributed by atoms with E-state index in [0.29, 0.717) is 29.7 Å². The maximum absolute atomic E-state index is 10.9. The van der Waals surface area contributed by atoms with Crippen LogP contribution in [0.5, 0.6) is 11.5 Å². The summed E-state index contributed by atoms with van der Waals surface area (Å²) in [6.45, 7) is 1.82. The van der Waals surface area contributed by atoms with Gasteiger partial charge in [-0.15, -0.1) is 0 Å². The molecule has 0 aliphatic carbocycles. The lowest BCUT2D eigenvalue weighted by Gasteiger charge is -2.32. The van der Waals surface area contributed by atoms with Crippen LogP contribution in [0.3, 0.4) is 0 Å². The highest BCUT2D eigenvalue weighted by Crippen LogP contribution is 2.36. The third-order valence-corrected chi connectivity index (χ3v) is 4.60. The number of rotatable bonds is 6. The first-order valence-corrected chi connectivity index (χ1v) is 8.10. The predicted octanol–water partition coefficient (Wildman–Crippen LogP) is 3.52. The van der Waals surface area contributed by atoms with E-state index in [1.807, 2.05) is 0 Å². The fourth-order valence-electron chi connectivity index (χ4n) is 2.75. The lowest BCUT2D eigenvalue weighted by Crippen LogP contribution is -2.37. The Kier molecular flexibility index (Phi) is 6.06. The molecule has 0 amide bonds. The van der Waals surface area contributed by atoms with Gasteiger partial charge in [0.05, 0.1) is 18.2 Å². The Morgan fingerprint density at radius 1 is 1.43 bits per heavy atom. The van der Waals surface area contributed by atoms with Gasteiger partial charge in [0.2, 0.25) is 0 Å². The molecule has 0 N–H and O–H groups in total. The Hall–Kier alpha value is -1.07. The maximum Gasteiger partial charge on any atom is 0.175 e. The molecule has 2 rings (SSSR count). The van der Waals surface area contributed by atoms with Gasteiger partial charge in [-0.3, -0.25) is 4.79 Å². The van der Waals surface area contributed by atoms with Gasteiger partial charge >= 0.3 is 0 Å². The third-order valence-electron chi connectivity index (χ3n) is 4.01. The molecule has 1 saturated heterocycles. The molecule has 1 heterocycles. The number of benzene rings is 1. The van der Waals surface area contributed by atoms with Crippen LogP contribution in [0, 0.1) is 0 Å². The second kappa shape index (κ2) is 7.80. The van der Waals surface area contributed by atoms with Crippen molar-refractivity contribution >= 4 is 22.2 Å². The molecule has 4 nitrogen and oxygen atoms in total.